The lowest BCUT2D eigenvalue weighted by Crippen LogP contribution is -2.04. The van der Waals surface area contributed by atoms with Crippen molar-refractivity contribution in [1.82, 2.24) is 19.1 Å². The average molecular weight is 718 g/mol. The summed E-state index contributed by atoms with van der Waals surface area (Å²) in [4.78, 5) is 18.7. The summed E-state index contributed by atoms with van der Waals surface area (Å²) in [5.41, 5.74) is 4.20. The van der Waals surface area contributed by atoms with Gasteiger partial charge in [0.1, 0.15) is 0 Å². The van der Waals surface area contributed by atoms with Crippen LogP contribution in [0, 0.1) is 7.14 Å². The SMILES string of the molecule is C.C.COc1nccc2c1c(I)cn2-c1ccccc1.O=c1[nH]ccc2c1c(I)cn2-c1ccccc1. The second-order valence-corrected chi connectivity index (χ2v) is 9.97. The summed E-state index contributed by atoms with van der Waals surface area (Å²) in [6.45, 7) is 0. The van der Waals surface area contributed by atoms with E-state index < -0.39 is 0 Å². The van der Waals surface area contributed by atoms with Crippen molar-refractivity contribution in [2.45, 2.75) is 14.9 Å². The summed E-state index contributed by atoms with van der Waals surface area (Å²) in [5, 5.41) is 1.81. The molecule has 6 aromatic rings. The number of rotatable bonds is 3. The Hall–Kier alpha value is -3.12. The Balaban J connectivity index is 0.000000195. The second-order valence-electron chi connectivity index (χ2n) is 7.65. The molecule has 0 saturated heterocycles. The van der Waals surface area contributed by atoms with Crippen molar-refractivity contribution in [3.63, 3.8) is 0 Å². The van der Waals surface area contributed by atoms with Crippen molar-refractivity contribution in [1.29, 1.82) is 0 Å². The molecular weight excluding hydrogens is 690 g/mol. The molecule has 37 heavy (non-hydrogen) atoms. The van der Waals surface area contributed by atoms with E-state index >= 15 is 0 Å². The maximum absolute atomic E-state index is 11.8. The minimum atomic E-state index is -0.0402. The van der Waals surface area contributed by atoms with Crippen molar-refractivity contribution < 1.29 is 4.74 Å². The number of ether oxygens (including phenoxy) is 1. The van der Waals surface area contributed by atoms with Gasteiger partial charge < -0.3 is 18.9 Å². The molecule has 0 bridgehead atoms. The van der Waals surface area contributed by atoms with E-state index in [-0.39, 0.29) is 20.4 Å². The topological polar surface area (TPSA) is 64.8 Å². The Labute approximate surface area is 243 Å². The lowest BCUT2D eigenvalue weighted by atomic mass is 10.3. The zero-order valence-corrected chi connectivity index (χ0v) is 23.0. The molecule has 0 amide bonds. The molecule has 0 spiro atoms. The van der Waals surface area contributed by atoms with Crippen LogP contribution in [0.3, 0.4) is 0 Å². The molecule has 0 saturated carbocycles. The van der Waals surface area contributed by atoms with Crippen LogP contribution >= 0.6 is 45.2 Å². The first-order valence-corrected chi connectivity index (χ1v) is 12.9. The third kappa shape index (κ3) is 5.59. The zero-order chi connectivity index (χ0) is 24.4. The van der Waals surface area contributed by atoms with Crippen LogP contribution in [-0.2, 0) is 0 Å². The zero-order valence-electron chi connectivity index (χ0n) is 18.7. The fourth-order valence-corrected chi connectivity index (χ4v) is 5.60. The number of hydrogen-bond acceptors (Lipinski definition) is 3. The van der Waals surface area contributed by atoms with Crippen LogP contribution in [0.15, 0.2) is 102 Å². The van der Waals surface area contributed by atoms with Crippen LogP contribution in [-0.4, -0.2) is 26.2 Å². The van der Waals surface area contributed by atoms with Gasteiger partial charge in [0, 0.05) is 43.3 Å². The lowest BCUT2D eigenvalue weighted by molar-refractivity contribution is 0.403. The summed E-state index contributed by atoms with van der Waals surface area (Å²) in [6, 6.07) is 24.2. The third-order valence-electron chi connectivity index (χ3n) is 5.58. The molecule has 0 unspecified atom stereocenters. The van der Waals surface area contributed by atoms with E-state index in [1.54, 1.807) is 19.5 Å². The van der Waals surface area contributed by atoms with Crippen LogP contribution in [0.2, 0.25) is 0 Å². The molecule has 2 aromatic carbocycles. The van der Waals surface area contributed by atoms with E-state index in [0.717, 1.165) is 40.3 Å². The number of methoxy groups -OCH3 is 1. The number of H-pyrrole nitrogens is 1. The van der Waals surface area contributed by atoms with Gasteiger partial charge in [-0.1, -0.05) is 51.3 Å². The number of nitrogens with one attached hydrogen (secondary N) is 1. The van der Waals surface area contributed by atoms with E-state index in [4.69, 9.17) is 4.74 Å². The molecule has 6 rings (SSSR count). The summed E-state index contributed by atoms with van der Waals surface area (Å²) < 4.78 is 11.6. The number of aromatic nitrogens is 4. The van der Waals surface area contributed by atoms with E-state index in [2.05, 4.69) is 78.0 Å². The molecule has 4 heterocycles. The minimum absolute atomic E-state index is 0. The highest BCUT2D eigenvalue weighted by Gasteiger charge is 2.13. The van der Waals surface area contributed by atoms with Crippen LogP contribution in [0.25, 0.3) is 33.2 Å². The Morgan fingerprint density at radius 2 is 1.27 bits per heavy atom. The molecule has 6 nitrogen and oxygen atoms in total. The standard InChI is InChI=1S/C14H11IN2O.C13H9IN2O.2CH4/c1-18-14-13-11(15)9-17(12(13)7-8-16-14)10-5-3-2-4-6-10;14-10-8-16(9-4-2-1-3-5-9)11-6-7-15-13(17)12(10)11;;/h2-9H,1H3;1-8H,(H,15,17);2*1H4. The molecule has 0 aliphatic carbocycles. The Morgan fingerprint density at radius 3 is 1.81 bits per heavy atom. The maximum Gasteiger partial charge on any atom is 0.258 e. The predicted molar refractivity (Wildman–Crippen MR) is 170 cm³/mol. The van der Waals surface area contributed by atoms with Gasteiger partial charge in [-0.15, -0.1) is 0 Å². The van der Waals surface area contributed by atoms with Crippen LogP contribution in [0.1, 0.15) is 14.9 Å². The summed E-state index contributed by atoms with van der Waals surface area (Å²) in [5.74, 6) is 0.673. The van der Waals surface area contributed by atoms with Crippen molar-refractivity contribution in [3.8, 4) is 17.3 Å². The first-order valence-electron chi connectivity index (χ1n) is 10.8. The van der Waals surface area contributed by atoms with E-state index in [1.807, 2.05) is 71.4 Å². The number of aromatic amines is 1. The first-order chi connectivity index (χ1) is 17.1. The van der Waals surface area contributed by atoms with E-state index in [9.17, 15) is 4.79 Å². The first kappa shape index (κ1) is 28.5. The highest BCUT2D eigenvalue weighted by Crippen LogP contribution is 2.31. The maximum atomic E-state index is 11.8. The molecule has 4 aromatic heterocycles. The monoisotopic (exact) mass is 718 g/mol. The van der Waals surface area contributed by atoms with Gasteiger partial charge in [-0.2, -0.15) is 0 Å². The van der Waals surface area contributed by atoms with Gasteiger partial charge >= 0.3 is 0 Å². The molecule has 190 valence electrons. The fraction of sp³-hybridized carbons (Fsp3) is 0.103. The van der Waals surface area contributed by atoms with Crippen molar-refractivity contribution in [3.05, 3.63) is 115 Å². The Kier molecular flexibility index (Phi) is 9.55. The molecule has 0 aliphatic rings. The summed E-state index contributed by atoms with van der Waals surface area (Å²) >= 11 is 4.50. The highest BCUT2D eigenvalue weighted by atomic mass is 127. The van der Waals surface area contributed by atoms with Gasteiger partial charge in [-0.3, -0.25) is 4.79 Å². The molecule has 1 N–H and O–H groups in total. The van der Waals surface area contributed by atoms with E-state index in [0.29, 0.717) is 5.88 Å². The van der Waals surface area contributed by atoms with Gasteiger partial charge in [0.15, 0.2) is 0 Å². The Morgan fingerprint density at radius 1 is 0.757 bits per heavy atom. The van der Waals surface area contributed by atoms with Gasteiger partial charge in [0.2, 0.25) is 5.88 Å². The number of hydrogen-bond donors (Lipinski definition) is 1. The molecule has 8 heteroatoms. The molecule has 0 fully saturated rings. The largest absolute Gasteiger partial charge is 0.480 e. The van der Waals surface area contributed by atoms with Crippen LogP contribution in [0.4, 0.5) is 0 Å². The number of halogens is 2. The number of para-hydroxylation sites is 2. The number of fused-ring (bicyclic) bond motifs is 2. The molecular formula is C29H28I2N4O2. The van der Waals surface area contributed by atoms with Crippen molar-refractivity contribution >= 4 is 67.0 Å². The smallest absolute Gasteiger partial charge is 0.258 e. The Bertz CT molecular complexity index is 1670. The van der Waals surface area contributed by atoms with Gasteiger partial charge in [0.25, 0.3) is 5.56 Å². The van der Waals surface area contributed by atoms with Crippen molar-refractivity contribution in [2.24, 2.45) is 0 Å². The quantitative estimate of drug-likeness (QED) is 0.190. The number of benzene rings is 2. The average Bonchev–Trinajstić information content (AvgIpc) is 3.43. The van der Waals surface area contributed by atoms with Crippen molar-refractivity contribution in [2.75, 3.05) is 7.11 Å². The predicted octanol–water partition coefficient (Wildman–Crippen LogP) is 7.83. The fourth-order valence-electron chi connectivity index (χ4n) is 4.01. The third-order valence-corrected chi connectivity index (χ3v) is 7.21. The highest BCUT2D eigenvalue weighted by molar-refractivity contribution is 14.1. The number of pyridine rings is 2. The van der Waals surface area contributed by atoms with Gasteiger partial charge in [0.05, 0.1) is 28.9 Å². The second kappa shape index (κ2) is 12.4. The van der Waals surface area contributed by atoms with Crippen LogP contribution in [0.5, 0.6) is 5.88 Å². The minimum Gasteiger partial charge on any atom is -0.480 e. The summed E-state index contributed by atoms with van der Waals surface area (Å²) in [7, 11) is 1.65. The summed E-state index contributed by atoms with van der Waals surface area (Å²) in [6.07, 6.45) is 7.54. The molecule has 0 radical (unpaired) electrons. The van der Waals surface area contributed by atoms with E-state index in [1.165, 1.54) is 0 Å². The van der Waals surface area contributed by atoms with Crippen LogP contribution < -0.4 is 10.3 Å². The number of nitrogens with zero attached hydrogens (tertiary/aromatic N) is 3. The molecule has 0 atom stereocenters. The van der Waals surface area contributed by atoms with Gasteiger partial charge in [-0.25, -0.2) is 4.98 Å². The van der Waals surface area contributed by atoms with Gasteiger partial charge in [-0.05, 0) is 81.6 Å². The lowest BCUT2D eigenvalue weighted by Gasteiger charge is -2.05. The normalized spacial score (nSPS) is 10.2. The molecule has 0 aliphatic heterocycles.